The third-order valence-electron chi connectivity index (χ3n) is 7.03. The van der Waals surface area contributed by atoms with E-state index < -0.39 is 0 Å². The number of nitrogens with two attached hydrogens (primary N) is 1. The van der Waals surface area contributed by atoms with Gasteiger partial charge in [-0.25, -0.2) is 0 Å². The second-order valence-electron chi connectivity index (χ2n) is 8.75. The Morgan fingerprint density at radius 1 is 0.652 bits per heavy atom. The highest BCUT2D eigenvalue weighted by Crippen LogP contribution is 2.52. The molecule has 0 radical (unpaired) electrons. The van der Waals surface area contributed by atoms with Gasteiger partial charge >= 0.3 is 0 Å². The van der Waals surface area contributed by atoms with Crippen molar-refractivity contribution < 1.29 is 0 Å². The van der Waals surface area contributed by atoms with Gasteiger partial charge in [-0.15, -0.1) is 0 Å². The number of hydrogen-bond donors (Lipinski definition) is 1. The van der Waals surface area contributed by atoms with Crippen molar-refractivity contribution in [2.45, 2.75) is 113 Å². The summed E-state index contributed by atoms with van der Waals surface area (Å²) in [5, 5.41) is 1.94. The Labute approximate surface area is 148 Å². The Kier molecular flexibility index (Phi) is 7.19. The second-order valence-corrected chi connectivity index (χ2v) is 10.2. The highest BCUT2D eigenvalue weighted by molar-refractivity contribution is 8.00. The molecule has 134 valence electrons. The molecule has 0 aromatic heterocycles. The molecular weight excluding hydrogens is 298 g/mol. The standard InChI is InChI=1S/C21H39NS/c1-16-15-18-17-11-7-5-3-2-4-6-8-13-20(17)23-21(18)14-10-9-12-19(16)22/h16-21H,2-15,22H2,1H3/t16?,17?,18?,19?,20?,21-/m1/s1. The van der Waals surface area contributed by atoms with Crippen LogP contribution in [-0.2, 0) is 0 Å². The molecule has 0 spiro atoms. The van der Waals surface area contributed by atoms with E-state index >= 15 is 0 Å². The molecule has 1 saturated heterocycles. The molecule has 0 amide bonds. The van der Waals surface area contributed by atoms with Gasteiger partial charge in [-0.2, -0.15) is 11.8 Å². The van der Waals surface area contributed by atoms with Crippen LogP contribution in [-0.4, -0.2) is 16.5 Å². The highest BCUT2D eigenvalue weighted by Gasteiger charge is 2.43. The summed E-state index contributed by atoms with van der Waals surface area (Å²) in [5.74, 6) is 2.72. The van der Waals surface area contributed by atoms with Crippen LogP contribution >= 0.6 is 11.8 Å². The molecule has 3 aliphatic rings. The molecule has 3 fully saturated rings. The fraction of sp³-hybridized carbons (Fsp3) is 1.00. The van der Waals surface area contributed by atoms with Crippen LogP contribution in [0.1, 0.15) is 96.8 Å². The molecule has 23 heavy (non-hydrogen) atoms. The Balaban J connectivity index is 1.70. The largest absolute Gasteiger partial charge is 0.327 e. The molecule has 2 heteroatoms. The second kappa shape index (κ2) is 9.13. The first-order valence-corrected chi connectivity index (χ1v) is 11.6. The van der Waals surface area contributed by atoms with Gasteiger partial charge in [0.2, 0.25) is 0 Å². The lowest BCUT2D eigenvalue weighted by atomic mass is 9.76. The van der Waals surface area contributed by atoms with E-state index in [0.29, 0.717) is 6.04 Å². The van der Waals surface area contributed by atoms with Crippen molar-refractivity contribution in [1.82, 2.24) is 0 Å². The minimum Gasteiger partial charge on any atom is -0.327 e. The number of rotatable bonds is 0. The van der Waals surface area contributed by atoms with Crippen molar-refractivity contribution in [3.63, 3.8) is 0 Å². The quantitative estimate of drug-likeness (QED) is 0.573. The zero-order valence-electron chi connectivity index (χ0n) is 15.3. The molecule has 3 rings (SSSR count). The molecule has 5 unspecified atom stereocenters. The van der Waals surface area contributed by atoms with Gasteiger partial charge in [-0.1, -0.05) is 64.7 Å². The van der Waals surface area contributed by atoms with Crippen molar-refractivity contribution in [3.8, 4) is 0 Å². The molecule has 2 aliphatic carbocycles. The van der Waals surface area contributed by atoms with Crippen LogP contribution < -0.4 is 5.73 Å². The topological polar surface area (TPSA) is 26.0 Å². The summed E-state index contributed by atoms with van der Waals surface area (Å²) in [6.45, 7) is 2.44. The summed E-state index contributed by atoms with van der Waals surface area (Å²) in [4.78, 5) is 0. The van der Waals surface area contributed by atoms with Crippen molar-refractivity contribution in [3.05, 3.63) is 0 Å². The van der Waals surface area contributed by atoms with E-state index in [1.165, 1.54) is 89.9 Å². The van der Waals surface area contributed by atoms with Gasteiger partial charge in [-0.05, 0) is 49.9 Å². The summed E-state index contributed by atoms with van der Waals surface area (Å²) in [6, 6.07) is 0.459. The minimum atomic E-state index is 0.459. The van der Waals surface area contributed by atoms with E-state index in [9.17, 15) is 0 Å². The van der Waals surface area contributed by atoms with Crippen LogP contribution in [0, 0.1) is 17.8 Å². The fourth-order valence-electron chi connectivity index (χ4n) is 5.49. The molecule has 0 aromatic rings. The van der Waals surface area contributed by atoms with Crippen LogP contribution in [0.25, 0.3) is 0 Å². The number of thioether (sulfide) groups is 1. The van der Waals surface area contributed by atoms with Crippen molar-refractivity contribution in [2.75, 3.05) is 0 Å². The predicted octanol–water partition coefficient (Wildman–Crippen LogP) is 6.15. The first kappa shape index (κ1) is 18.1. The van der Waals surface area contributed by atoms with E-state index in [1.54, 1.807) is 0 Å². The smallest absolute Gasteiger partial charge is 0.00813 e. The Morgan fingerprint density at radius 2 is 1.17 bits per heavy atom. The number of fused-ring (bicyclic) bond motifs is 3. The summed E-state index contributed by atoms with van der Waals surface area (Å²) in [7, 11) is 0. The lowest BCUT2D eigenvalue weighted by Gasteiger charge is -2.29. The van der Waals surface area contributed by atoms with E-state index in [2.05, 4.69) is 18.7 Å². The first-order chi connectivity index (χ1) is 11.3. The zero-order valence-corrected chi connectivity index (χ0v) is 16.2. The van der Waals surface area contributed by atoms with Crippen LogP contribution in [0.2, 0.25) is 0 Å². The summed E-state index contributed by atoms with van der Waals surface area (Å²) < 4.78 is 0. The van der Waals surface area contributed by atoms with Crippen LogP contribution in [0.15, 0.2) is 0 Å². The van der Waals surface area contributed by atoms with E-state index in [4.69, 9.17) is 5.73 Å². The summed E-state index contributed by atoms with van der Waals surface area (Å²) in [6.07, 6.45) is 20.4. The van der Waals surface area contributed by atoms with Crippen molar-refractivity contribution in [2.24, 2.45) is 23.5 Å². The third kappa shape index (κ3) is 4.91. The predicted molar refractivity (Wildman–Crippen MR) is 104 cm³/mol. The summed E-state index contributed by atoms with van der Waals surface area (Å²) >= 11 is 2.42. The fourth-order valence-corrected chi connectivity index (χ4v) is 7.60. The zero-order chi connectivity index (χ0) is 16.1. The van der Waals surface area contributed by atoms with Gasteiger partial charge < -0.3 is 5.73 Å². The maximum absolute atomic E-state index is 6.48. The van der Waals surface area contributed by atoms with Crippen molar-refractivity contribution in [1.29, 1.82) is 0 Å². The van der Waals surface area contributed by atoms with Gasteiger partial charge in [-0.3, -0.25) is 0 Å². The third-order valence-corrected chi connectivity index (χ3v) is 8.90. The van der Waals surface area contributed by atoms with E-state index in [0.717, 1.165) is 28.3 Å². The lowest BCUT2D eigenvalue weighted by molar-refractivity contribution is 0.242. The average Bonchev–Trinajstić information content (AvgIpc) is 2.85. The lowest BCUT2D eigenvalue weighted by Crippen LogP contribution is -2.32. The Bertz CT molecular complexity index is 345. The highest BCUT2D eigenvalue weighted by atomic mass is 32.2. The van der Waals surface area contributed by atoms with Gasteiger partial charge in [0, 0.05) is 16.5 Å². The van der Waals surface area contributed by atoms with Crippen LogP contribution in [0.5, 0.6) is 0 Å². The van der Waals surface area contributed by atoms with Gasteiger partial charge in [0.25, 0.3) is 0 Å². The molecule has 0 aromatic carbocycles. The van der Waals surface area contributed by atoms with Gasteiger partial charge in [0.15, 0.2) is 0 Å². The normalized spacial score (nSPS) is 44.1. The molecule has 6 atom stereocenters. The van der Waals surface area contributed by atoms with Gasteiger partial charge in [0.1, 0.15) is 0 Å². The molecule has 1 aliphatic heterocycles. The SMILES string of the molecule is CC1CC2C3CCCCCCCCCC3S[C@@H]2CCCCC1N. The monoisotopic (exact) mass is 337 g/mol. The number of hydrogen-bond acceptors (Lipinski definition) is 2. The molecule has 0 bridgehead atoms. The Morgan fingerprint density at radius 3 is 1.91 bits per heavy atom. The maximum Gasteiger partial charge on any atom is 0.00813 e. The molecule has 2 N–H and O–H groups in total. The maximum atomic E-state index is 6.48. The van der Waals surface area contributed by atoms with Crippen molar-refractivity contribution >= 4 is 11.8 Å². The van der Waals surface area contributed by atoms with Crippen LogP contribution in [0.4, 0.5) is 0 Å². The van der Waals surface area contributed by atoms with E-state index in [-0.39, 0.29) is 0 Å². The first-order valence-electron chi connectivity index (χ1n) is 10.7. The summed E-state index contributed by atoms with van der Waals surface area (Å²) in [5.41, 5.74) is 6.48. The Hall–Kier alpha value is 0.310. The molecular formula is C21H39NS. The molecule has 2 saturated carbocycles. The average molecular weight is 338 g/mol. The minimum absolute atomic E-state index is 0.459. The molecule has 1 nitrogen and oxygen atoms in total. The van der Waals surface area contributed by atoms with Crippen LogP contribution in [0.3, 0.4) is 0 Å². The molecule has 1 heterocycles. The van der Waals surface area contributed by atoms with Gasteiger partial charge in [0.05, 0.1) is 0 Å². The van der Waals surface area contributed by atoms with E-state index in [1.807, 2.05) is 0 Å².